The minimum atomic E-state index is 0.416. The average molecular weight is 197 g/mol. The molecule has 0 saturated heterocycles. The fourth-order valence-corrected chi connectivity index (χ4v) is 1.63. The Kier molecular flexibility index (Phi) is 2.20. The molecule has 4 heteroatoms. The third-order valence-corrected chi connectivity index (χ3v) is 2.21. The molecule has 2 aromatic rings. The maximum Gasteiger partial charge on any atom is 0.180 e. The van der Waals surface area contributed by atoms with E-state index in [0.717, 1.165) is 23.0 Å². The summed E-state index contributed by atoms with van der Waals surface area (Å²) in [6.07, 6.45) is 0.790. The van der Waals surface area contributed by atoms with Crippen molar-refractivity contribution in [3.05, 3.63) is 28.9 Å². The Hall–Kier alpha value is -1.06. The maximum absolute atomic E-state index is 5.87. The van der Waals surface area contributed by atoms with Crippen molar-refractivity contribution in [1.82, 2.24) is 5.16 Å². The number of hydrogen-bond donors (Lipinski definition) is 1. The molecule has 0 aliphatic carbocycles. The van der Waals surface area contributed by atoms with Crippen molar-refractivity contribution in [2.45, 2.75) is 6.42 Å². The van der Waals surface area contributed by atoms with Crippen molar-refractivity contribution in [1.29, 1.82) is 0 Å². The number of benzene rings is 1. The number of hydrogen-bond acceptors (Lipinski definition) is 3. The molecule has 2 N–H and O–H groups in total. The molecular weight excluding hydrogens is 188 g/mol. The molecule has 0 bridgehead atoms. The standard InChI is InChI=1S/C9H9ClN2O/c10-9-8-6(4-5-11)2-1-3-7(8)13-12-9/h1-3H,4-5,11H2. The highest BCUT2D eigenvalue weighted by Crippen LogP contribution is 2.26. The van der Waals surface area contributed by atoms with Gasteiger partial charge in [-0.15, -0.1) is 0 Å². The highest BCUT2D eigenvalue weighted by atomic mass is 35.5. The highest BCUT2D eigenvalue weighted by molar-refractivity contribution is 6.34. The van der Waals surface area contributed by atoms with E-state index in [0.29, 0.717) is 11.7 Å². The van der Waals surface area contributed by atoms with E-state index in [2.05, 4.69) is 5.16 Å². The van der Waals surface area contributed by atoms with Gasteiger partial charge in [0.2, 0.25) is 0 Å². The lowest BCUT2D eigenvalue weighted by atomic mass is 10.1. The zero-order valence-corrected chi connectivity index (χ0v) is 7.71. The molecule has 0 aliphatic rings. The number of rotatable bonds is 2. The van der Waals surface area contributed by atoms with Gasteiger partial charge in [-0.2, -0.15) is 0 Å². The van der Waals surface area contributed by atoms with Crippen molar-refractivity contribution < 1.29 is 4.52 Å². The first kappa shape index (κ1) is 8.53. The molecule has 0 spiro atoms. The summed E-state index contributed by atoms with van der Waals surface area (Å²) in [5.74, 6) is 0. The zero-order chi connectivity index (χ0) is 9.26. The van der Waals surface area contributed by atoms with Crippen LogP contribution in [0, 0.1) is 0 Å². The second-order valence-corrected chi connectivity index (χ2v) is 3.16. The third kappa shape index (κ3) is 1.41. The van der Waals surface area contributed by atoms with E-state index in [1.54, 1.807) is 0 Å². The van der Waals surface area contributed by atoms with Crippen LogP contribution in [0.25, 0.3) is 11.0 Å². The Bertz CT molecular complexity index is 424. The van der Waals surface area contributed by atoms with Crippen LogP contribution in [0.5, 0.6) is 0 Å². The van der Waals surface area contributed by atoms with Crippen molar-refractivity contribution in [3.8, 4) is 0 Å². The molecule has 0 unspecified atom stereocenters. The number of fused-ring (bicyclic) bond motifs is 1. The summed E-state index contributed by atoms with van der Waals surface area (Å²) in [6, 6.07) is 5.74. The van der Waals surface area contributed by atoms with Crippen LogP contribution in [-0.2, 0) is 6.42 Å². The SMILES string of the molecule is NCCc1cccc2onc(Cl)c12. The number of nitrogens with two attached hydrogens (primary N) is 1. The van der Waals surface area contributed by atoms with E-state index in [1.807, 2.05) is 18.2 Å². The van der Waals surface area contributed by atoms with Crippen LogP contribution in [0.4, 0.5) is 0 Å². The van der Waals surface area contributed by atoms with Gasteiger partial charge in [0.05, 0.1) is 5.39 Å². The van der Waals surface area contributed by atoms with Crippen molar-refractivity contribution in [2.75, 3.05) is 6.54 Å². The summed E-state index contributed by atoms with van der Waals surface area (Å²) >= 11 is 5.87. The Morgan fingerprint density at radius 1 is 1.46 bits per heavy atom. The lowest BCUT2D eigenvalue weighted by Gasteiger charge is -1.98. The molecule has 0 atom stereocenters. The van der Waals surface area contributed by atoms with E-state index >= 15 is 0 Å². The van der Waals surface area contributed by atoms with Gasteiger partial charge in [-0.05, 0) is 24.6 Å². The summed E-state index contributed by atoms with van der Waals surface area (Å²) in [6.45, 7) is 0.598. The molecule has 0 fully saturated rings. The fourth-order valence-electron chi connectivity index (χ4n) is 1.39. The average Bonchev–Trinajstić information content (AvgIpc) is 2.50. The van der Waals surface area contributed by atoms with E-state index in [1.165, 1.54) is 0 Å². The number of nitrogens with zero attached hydrogens (tertiary/aromatic N) is 1. The van der Waals surface area contributed by atoms with Crippen molar-refractivity contribution >= 4 is 22.6 Å². The lowest BCUT2D eigenvalue weighted by molar-refractivity contribution is 0.457. The van der Waals surface area contributed by atoms with E-state index in [-0.39, 0.29) is 0 Å². The smallest absolute Gasteiger partial charge is 0.180 e. The van der Waals surface area contributed by atoms with Gasteiger partial charge in [0.25, 0.3) is 0 Å². The molecule has 0 radical (unpaired) electrons. The normalized spacial score (nSPS) is 10.9. The zero-order valence-electron chi connectivity index (χ0n) is 6.96. The summed E-state index contributed by atoms with van der Waals surface area (Å²) in [7, 11) is 0. The summed E-state index contributed by atoms with van der Waals surface area (Å²) < 4.78 is 5.01. The van der Waals surface area contributed by atoms with Crippen LogP contribution >= 0.6 is 11.6 Å². The molecule has 2 rings (SSSR count). The van der Waals surface area contributed by atoms with Gasteiger partial charge in [0.15, 0.2) is 10.7 Å². The monoisotopic (exact) mass is 196 g/mol. The molecule has 3 nitrogen and oxygen atoms in total. The first-order valence-corrected chi connectivity index (χ1v) is 4.43. The molecule has 1 aromatic carbocycles. The van der Waals surface area contributed by atoms with Gasteiger partial charge in [-0.1, -0.05) is 28.9 Å². The van der Waals surface area contributed by atoms with Crippen LogP contribution in [0.1, 0.15) is 5.56 Å². The predicted octanol–water partition coefficient (Wildman–Crippen LogP) is 1.98. The Morgan fingerprint density at radius 3 is 3.08 bits per heavy atom. The molecule has 0 aliphatic heterocycles. The van der Waals surface area contributed by atoms with Crippen LogP contribution in [-0.4, -0.2) is 11.7 Å². The minimum Gasteiger partial charge on any atom is -0.355 e. The van der Waals surface area contributed by atoms with Crippen molar-refractivity contribution in [2.24, 2.45) is 5.73 Å². The van der Waals surface area contributed by atoms with E-state index in [4.69, 9.17) is 21.9 Å². The number of aromatic nitrogens is 1. The van der Waals surface area contributed by atoms with Gasteiger partial charge in [-0.3, -0.25) is 0 Å². The third-order valence-electron chi connectivity index (χ3n) is 1.96. The van der Waals surface area contributed by atoms with Gasteiger partial charge < -0.3 is 10.3 Å². The molecular formula is C9H9ClN2O. The van der Waals surface area contributed by atoms with Crippen LogP contribution in [0.15, 0.2) is 22.7 Å². The largest absolute Gasteiger partial charge is 0.355 e. The highest BCUT2D eigenvalue weighted by Gasteiger charge is 2.09. The molecule has 1 aromatic heterocycles. The van der Waals surface area contributed by atoms with Gasteiger partial charge >= 0.3 is 0 Å². The molecule has 0 saturated carbocycles. The van der Waals surface area contributed by atoms with E-state index < -0.39 is 0 Å². The molecule has 68 valence electrons. The van der Waals surface area contributed by atoms with Crippen LogP contribution < -0.4 is 5.73 Å². The Morgan fingerprint density at radius 2 is 2.31 bits per heavy atom. The van der Waals surface area contributed by atoms with Crippen LogP contribution in [0.3, 0.4) is 0 Å². The van der Waals surface area contributed by atoms with Crippen molar-refractivity contribution in [3.63, 3.8) is 0 Å². The predicted molar refractivity (Wildman–Crippen MR) is 51.8 cm³/mol. The quantitative estimate of drug-likeness (QED) is 0.799. The van der Waals surface area contributed by atoms with Gasteiger partial charge in [0.1, 0.15) is 0 Å². The first-order chi connectivity index (χ1) is 6.33. The first-order valence-electron chi connectivity index (χ1n) is 4.06. The summed E-state index contributed by atoms with van der Waals surface area (Å²) in [4.78, 5) is 0. The summed E-state index contributed by atoms with van der Waals surface area (Å²) in [5.41, 5.74) is 7.28. The van der Waals surface area contributed by atoms with E-state index in [9.17, 15) is 0 Å². The topological polar surface area (TPSA) is 52.0 Å². The molecule has 1 heterocycles. The second kappa shape index (κ2) is 3.36. The van der Waals surface area contributed by atoms with Gasteiger partial charge in [-0.25, -0.2) is 0 Å². The van der Waals surface area contributed by atoms with Gasteiger partial charge in [0, 0.05) is 0 Å². The maximum atomic E-state index is 5.87. The minimum absolute atomic E-state index is 0.416. The molecule has 13 heavy (non-hydrogen) atoms. The number of halogens is 1. The summed E-state index contributed by atoms with van der Waals surface area (Å²) in [5, 5.41) is 4.99. The van der Waals surface area contributed by atoms with Crippen LogP contribution in [0.2, 0.25) is 5.15 Å². The Balaban J connectivity index is 2.65. The molecule has 0 amide bonds. The second-order valence-electron chi connectivity index (χ2n) is 2.80. The fraction of sp³-hybridized carbons (Fsp3) is 0.222. The Labute approximate surface area is 80.5 Å². The lowest BCUT2D eigenvalue weighted by Crippen LogP contribution is -2.02.